The van der Waals surface area contributed by atoms with Crippen LogP contribution in [0.5, 0.6) is 0 Å². The highest BCUT2D eigenvalue weighted by Gasteiger charge is 2.39. The summed E-state index contributed by atoms with van der Waals surface area (Å²) >= 11 is 0. The largest absolute Gasteiger partial charge is 0.455 e. The average Bonchev–Trinajstić information content (AvgIpc) is 1.52. The van der Waals surface area contributed by atoms with Gasteiger partial charge in [-0.25, -0.2) is 29.9 Å². The van der Waals surface area contributed by atoms with Crippen molar-refractivity contribution < 1.29 is 13.3 Å². The van der Waals surface area contributed by atoms with Crippen LogP contribution >= 0.6 is 0 Å². The molecule has 0 saturated heterocycles. The van der Waals surface area contributed by atoms with Crippen molar-refractivity contribution in [3.63, 3.8) is 0 Å². The lowest BCUT2D eigenvalue weighted by atomic mass is 9.79. The number of aromatic nitrogens is 11. The quantitative estimate of drug-likeness (QED) is 0.165. The molecule has 0 fully saturated rings. The molecule has 662 valence electrons. The van der Waals surface area contributed by atoms with E-state index in [4.69, 9.17) is 43.2 Å². The van der Waals surface area contributed by atoms with Crippen molar-refractivity contribution in [3.05, 3.63) is 418 Å². The molecule has 35 rings (SSSR count). The minimum atomic E-state index is -0.0957. The summed E-state index contributed by atoms with van der Waals surface area (Å²) in [4.78, 5) is 31.2. The standard InChI is InChI=1S/2C44H24N4O.C41H25N3O/c1-2-10-27(11-3-1)47-36-16-8-4-12-28(36)29-20-18-26(23-38(29)47)25-19-21-37-31(22-25)32-24-33-30-13-5-9-17-39(30)49-43(33)40-41-44(48(37)42(32)40)46-35-15-7-6-14-34(35)45-41;1-2-10-27(11-3-1)47-36-16-8-4-12-28(36)30-22-25(18-20-37(30)47)26-19-21-38-31(23-26)32-24-33-29-13-5-9-17-39(29)49-43(33)40-41-44(48(38)42(32)40)46-35-15-7-6-14-34(35)45-41;1-41(2)30-14-5-3-10-24(30)26-13-9-12-23(36(26)41)22-18-19-33-27(20-22)28-21-29-25-11-4-8-17-34(25)45-39(29)35-37-40(44(33)38(28)35)43-32-16-7-6-15-31(32)42-37/h2*1-24H;3-21H,1-2H3. The Balaban J connectivity index is 0.0000000946. The van der Waals surface area contributed by atoms with Gasteiger partial charge >= 0.3 is 0 Å². The van der Waals surface area contributed by atoms with E-state index in [2.05, 4.69) is 340 Å². The third-order valence-electron chi connectivity index (χ3n) is 31.1. The Morgan fingerprint density at radius 1 is 0.210 bits per heavy atom. The molecule has 0 radical (unpaired) electrons. The topological polar surface area (TPSA) is 140 Å². The molecule has 20 aromatic carbocycles. The molecular formula is C129H73N11O3. The van der Waals surface area contributed by atoms with Gasteiger partial charge in [0.25, 0.3) is 0 Å². The van der Waals surface area contributed by atoms with Crippen LogP contribution in [0.4, 0.5) is 0 Å². The van der Waals surface area contributed by atoms with Crippen LogP contribution in [-0.2, 0) is 5.41 Å². The number of para-hydroxylation sites is 13. The predicted molar refractivity (Wildman–Crippen MR) is 587 cm³/mol. The third-order valence-corrected chi connectivity index (χ3v) is 31.1. The maximum absolute atomic E-state index is 6.60. The number of fused-ring (bicyclic) bond motifs is 42. The van der Waals surface area contributed by atoms with Crippen LogP contribution in [-0.4, -0.2) is 52.2 Å². The van der Waals surface area contributed by atoms with Gasteiger partial charge in [-0.15, -0.1) is 0 Å². The monoisotopic (exact) mass is 1820 g/mol. The highest BCUT2D eigenvalue weighted by atomic mass is 16.3. The maximum atomic E-state index is 6.60. The van der Waals surface area contributed by atoms with E-state index in [9.17, 15) is 0 Å². The van der Waals surface area contributed by atoms with E-state index in [1.807, 2.05) is 103 Å². The second-order valence-electron chi connectivity index (χ2n) is 39.0. The van der Waals surface area contributed by atoms with Crippen molar-refractivity contribution in [3.8, 4) is 55.9 Å². The zero-order chi connectivity index (χ0) is 93.2. The van der Waals surface area contributed by atoms with Crippen LogP contribution < -0.4 is 0 Å². The van der Waals surface area contributed by atoms with Crippen LogP contribution in [0.25, 0.3) is 313 Å². The minimum Gasteiger partial charge on any atom is -0.455 e. The number of rotatable bonds is 5. The molecule has 14 nitrogen and oxygen atoms in total. The number of hydrogen-bond acceptors (Lipinski definition) is 9. The van der Waals surface area contributed by atoms with E-state index < -0.39 is 0 Å². The molecule has 0 amide bonds. The highest BCUT2D eigenvalue weighted by Crippen LogP contribution is 2.56. The van der Waals surface area contributed by atoms with E-state index >= 15 is 0 Å². The Kier molecular flexibility index (Phi) is 15.1. The van der Waals surface area contributed by atoms with Crippen LogP contribution in [0.3, 0.4) is 0 Å². The van der Waals surface area contributed by atoms with Crippen molar-refractivity contribution >= 4 is 258 Å². The van der Waals surface area contributed by atoms with E-state index in [-0.39, 0.29) is 5.41 Å². The normalized spacial score (nSPS) is 13.0. The van der Waals surface area contributed by atoms with Crippen LogP contribution in [0.15, 0.2) is 420 Å². The molecular weight excluding hydrogens is 1750 g/mol. The second-order valence-corrected chi connectivity index (χ2v) is 39.0. The molecule has 0 saturated carbocycles. The fourth-order valence-electron chi connectivity index (χ4n) is 25.0. The van der Waals surface area contributed by atoms with Gasteiger partial charge in [-0.3, -0.25) is 13.2 Å². The zero-order valence-electron chi connectivity index (χ0n) is 76.8. The Labute approximate surface area is 810 Å². The van der Waals surface area contributed by atoms with Crippen molar-refractivity contribution in [1.82, 2.24) is 52.2 Å². The van der Waals surface area contributed by atoms with Gasteiger partial charge in [0.2, 0.25) is 0 Å². The Morgan fingerprint density at radius 3 is 0.979 bits per heavy atom. The molecule has 0 unspecified atom stereocenters. The Morgan fingerprint density at radius 2 is 0.524 bits per heavy atom. The number of hydrogen-bond donors (Lipinski definition) is 0. The lowest BCUT2D eigenvalue weighted by Gasteiger charge is -2.24. The lowest BCUT2D eigenvalue weighted by molar-refractivity contribution is 0.662. The van der Waals surface area contributed by atoms with Crippen LogP contribution in [0.1, 0.15) is 25.0 Å². The molecule has 0 spiro atoms. The molecule has 14 aromatic heterocycles. The van der Waals surface area contributed by atoms with Crippen molar-refractivity contribution in [1.29, 1.82) is 0 Å². The third kappa shape index (κ3) is 10.4. The number of furan rings is 3. The molecule has 0 N–H and O–H groups in total. The fraction of sp³-hybridized carbons (Fsp3) is 0.0233. The first kappa shape index (κ1) is 76.9. The van der Waals surface area contributed by atoms with E-state index in [0.29, 0.717) is 0 Å². The molecule has 0 atom stereocenters. The zero-order valence-corrected chi connectivity index (χ0v) is 76.8. The lowest BCUT2D eigenvalue weighted by Crippen LogP contribution is -2.16. The van der Waals surface area contributed by atoms with Gasteiger partial charge in [-0.1, -0.05) is 257 Å². The Hall–Kier alpha value is -19.2. The molecule has 0 bridgehead atoms. The summed E-state index contributed by atoms with van der Waals surface area (Å²) in [7, 11) is 0. The summed E-state index contributed by atoms with van der Waals surface area (Å²) in [6.45, 7) is 4.72. The Bertz CT molecular complexity index is 11600. The maximum Gasteiger partial charge on any atom is 0.165 e. The van der Waals surface area contributed by atoms with Crippen molar-refractivity contribution in [2.75, 3.05) is 0 Å². The number of nitrogens with zero attached hydrogens (tertiary/aromatic N) is 11. The first-order valence-electron chi connectivity index (χ1n) is 48.7. The van der Waals surface area contributed by atoms with Gasteiger partial charge in [0.1, 0.15) is 50.0 Å². The van der Waals surface area contributed by atoms with Gasteiger partial charge in [-0.05, 0) is 219 Å². The summed E-state index contributed by atoms with van der Waals surface area (Å²) in [6.07, 6.45) is 0. The molecule has 14 heteroatoms. The van der Waals surface area contributed by atoms with Gasteiger partial charge in [-0.2, -0.15) is 0 Å². The molecule has 143 heavy (non-hydrogen) atoms. The van der Waals surface area contributed by atoms with Gasteiger partial charge < -0.3 is 22.4 Å². The van der Waals surface area contributed by atoms with E-state index in [1.165, 1.54) is 132 Å². The van der Waals surface area contributed by atoms with E-state index in [1.54, 1.807) is 0 Å². The smallest absolute Gasteiger partial charge is 0.165 e. The highest BCUT2D eigenvalue weighted by molar-refractivity contribution is 6.36. The summed E-state index contributed by atoms with van der Waals surface area (Å²) in [5.74, 6) is 0. The molecule has 0 aliphatic heterocycles. The second kappa shape index (κ2) is 28.1. The summed E-state index contributed by atoms with van der Waals surface area (Å²) in [5, 5.41) is 21.8. The first-order valence-corrected chi connectivity index (χ1v) is 48.7. The summed E-state index contributed by atoms with van der Waals surface area (Å²) < 4.78 is 31.4. The van der Waals surface area contributed by atoms with Crippen LogP contribution in [0, 0.1) is 0 Å². The first-order chi connectivity index (χ1) is 70.7. The molecule has 1 aliphatic rings. The van der Waals surface area contributed by atoms with Crippen molar-refractivity contribution in [2.45, 2.75) is 19.3 Å². The molecule has 14 heterocycles. The van der Waals surface area contributed by atoms with Gasteiger partial charge in [0, 0.05) is 103 Å². The molecule has 34 aromatic rings. The fourth-order valence-corrected chi connectivity index (χ4v) is 25.0. The SMILES string of the molecule is CC1(C)c2ccccc2-c2cccc(-c3ccc4c(c3)c3cc5c6ccccc6oc5c5c6nc7ccccc7nc6n4c35)c21.c1ccc(-n2c3ccccc3c3cc(-c4ccc5c(c4)c4cc6c7ccccc7oc6c6c7nc8ccccc8nc7n5c46)ccc32)cc1.c1ccc(-n2c3ccccc3c3ccc(-c4ccc5c(c4)c4cc6c7ccccc7oc6c6c7nc8ccccc8nc7n5c46)cc32)cc1. The van der Waals surface area contributed by atoms with Crippen molar-refractivity contribution in [2.24, 2.45) is 0 Å². The van der Waals surface area contributed by atoms with E-state index in [0.717, 1.165) is 193 Å². The average molecular weight is 1830 g/mol. The summed E-state index contributed by atoms with van der Waals surface area (Å²) in [5.41, 5.74) is 42.1. The minimum absolute atomic E-state index is 0.0957. The number of benzene rings is 20. The molecule has 1 aliphatic carbocycles. The summed E-state index contributed by atoms with van der Waals surface area (Å²) in [6, 6.07) is 145. The predicted octanol–water partition coefficient (Wildman–Crippen LogP) is 33.5. The van der Waals surface area contributed by atoms with Gasteiger partial charge in [0.15, 0.2) is 16.9 Å². The van der Waals surface area contributed by atoms with Gasteiger partial charge in [0.05, 0.1) is 104 Å². The van der Waals surface area contributed by atoms with Crippen LogP contribution in [0.2, 0.25) is 0 Å².